The number of hydrogen-bond acceptors (Lipinski definition) is 8. The summed E-state index contributed by atoms with van der Waals surface area (Å²) in [5.74, 6) is -0.594. The zero-order chi connectivity index (χ0) is 30.3. The number of carbonyl (C=O) groups is 1. The highest BCUT2D eigenvalue weighted by Gasteiger charge is 2.42. The van der Waals surface area contributed by atoms with Crippen molar-refractivity contribution in [3.05, 3.63) is 83.1 Å². The molecule has 2 fully saturated rings. The maximum absolute atomic E-state index is 15.4. The van der Waals surface area contributed by atoms with Gasteiger partial charge in [-0.2, -0.15) is 5.10 Å². The number of imidazole rings is 1. The first-order chi connectivity index (χ1) is 20.7. The molecular formula is C31H34F2N6O4. The average molecular weight is 593 g/mol. The molecule has 1 saturated heterocycles. The fraction of sp³-hybridized carbons (Fsp3) is 0.419. The molecule has 3 aromatic heterocycles. The van der Waals surface area contributed by atoms with Crippen LogP contribution in [0.4, 0.5) is 13.6 Å². The number of nitrogens with one attached hydrogen (secondary N) is 1. The number of fused-ring (bicyclic) bond motifs is 1. The lowest BCUT2D eigenvalue weighted by atomic mass is 9.72. The summed E-state index contributed by atoms with van der Waals surface area (Å²) in [6.07, 6.45) is 6.64. The molecule has 1 aliphatic carbocycles. The Bertz CT molecular complexity index is 1620. The van der Waals surface area contributed by atoms with Crippen molar-refractivity contribution in [2.75, 3.05) is 27.4 Å². The van der Waals surface area contributed by atoms with Gasteiger partial charge in [-0.3, -0.25) is 4.98 Å². The van der Waals surface area contributed by atoms with E-state index in [2.05, 4.69) is 27.3 Å². The largest absolute Gasteiger partial charge is 0.453 e. The molecule has 4 atom stereocenters. The van der Waals surface area contributed by atoms with Crippen molar-refractivity contribution >= 4 is 11.6 Å². The van der Waals surface area contributed by atoms with E-state index >= 15 is 8.78 Å². The number of halogens is 2. The van der Waals surface area contributed by atoms with E-state index in [0.29, 0.717) is 29.7 Å². The van der Waals surface area contributed by atoms with Crippen molar-refractivity contribution < 1.29 is 27.8 Å². The number of aromatic nitrogens is 4. The van der Waals surface area contributed by atoms with Gasteiger partial charge >= 0.3 is 6.09 Å². The second kappa shape index (κ2) is 11.6. The SMILES string of the molecule is COC(=O)N[C@@H]1[C@H](N)C[C@H](c2ccncc2Cc2ncc3ccc(-c4c(F)cc(C5(OC)COC5)cc4F)nn23)C[C@@H]1C. The number of hydrogen-bond donors (Lipinski definition) is 2. The van der Waals surface area contributed by atoms with Crippen LogP contribution in [-0.2, 0) is 26.2 Å². The standard InChI is InChI=1S/C31H34F2N6O4/c1-17-8-18(9-25(34)29(17)37-30(40)41-2)22-6-7-35-13-19(22)10-27-36-14-21-4-5-26(38-39(21)27)28-23(32)11-20(12-24(28)33)31(42-3)15-43-16-31/h4-7,11-14,17-18,25,29H,8-10,15-16,34H2,1-3H3,(H,37,40)/t17-,18+,25+,29-/m0/s1. The maximum Gasteiger partial charge on any atom is 0.407 e. The van der Waals surface area contributed by atoms with E-state index in [1.54, 1.807) is 29.0 Å². The maximum atomic E-state index is 15.4. The summed E-state index contributed by atoms with van der Waals surface area (Å²) in [4.78, 5) is 20.8. The van der Waals surface area contributed by atoms with E-state index in [9.17, 15) is 4.79 Å². The molecule has 6 rings (SSSR count). The van der Waals surface area contributed by atoms with Gasteiger partial charge in [0.25, 0.3) is 0 Å². The fourth-order valence-corrected chi connectivity index (χ4v) is 6.40. The summed E-state index contributed by atoms with van der Waals surface area (Å²) in [6.45, 7) is 2.54. The van der Waals surface area contributed by atoms with E-state index in [1.165, 1.54) is 26.4 Å². The molecule has 4 heterocycles. The van der Waals surface area contributed by atoms with Gasteiger partial charge in [0.1, 0.15) is 23.1 Å². The Labute approximate surface area is 247 Å². The zero-order valence-electron chi connectivity index (χ0n) is 24.2. The summed E-state index contributed by atoms with van der Waals surface area (Å²) in [6, 6.07) is 7.45. The highest BCUT2D eigenvalue weighted by atomic mass is 19.1. The van der Waals surface area contributed by atoms with Crippen molar-refractivity contribution in [2.24, 2.45) is 11.7 Å². The van der Waals surface area contributed by atoms with E-state index in [1.807, 2.05) is 12.3 Å². The van der Waals surface area contributed by atoms with Gasteiger partial charge in [0.05, 0.1) is 43.3 Å². The van der Waals surface area contributed by atoms with Gasteiger partial charge in [0.2, 0.25) is 0 Å². The number of amides is 1. The Morgan fingerprint density at radius 3 is 2.58 bits per heavy atom. The van der Waals surface area contributed by atoms with Crippen LogP contribution in [0.3, 0.4) is 0 Å². The second-order valence-electron chi connectivity index (χ2n) is 11.5. The first-order valence-electron chi connectivity index (χ1n) is 14.2. The number of nitrogens with two attached hydrogens (primary N) is 1. The summed E-state index contributed by atoms with van der Waals surface area (Å²) < 4.78 is 47.9. The minimum atomic E-state index is -0.852. The number of methoxy groups -OCH3 is 2. The van der Waals surface area contributed by atoms with Gasteiger partial charge < -0.3 is 25.3 Å². The lowest BCUT2D eigenvalue weighted by Gasteiger charge is -2.40. The third kappa shape index (κ3) is 5.34. The van der Waals surface area contributed by atoms with Gasteiger partial charge in [0.15, 0.2) is 0 Å². The Kier molecular flexibility index (Phi) is 7.84. The van der Waals surface area contributed by atoms with Crippen molar-refractivity contribution in [2.45, 2.75) is 49.8 Å². The highest BCUT2D eigenvalue weighted by molar-refractivity contribution is 5.67. The monoisotopic (exact) mass is 592 g/mol. The predicted molar refractivity (Wildman–Crippen MR) is 153 cm³/mol. The number of nitrogens with zero attached hydrogens (tertiary/aromatic N) is 4. The third-order valence-electron chi connectivity index (χ3n) is 8.83. The summed E-state index contributed by atoms with van der Waals surface area (Å²) in [5, 5.41) is 7.48. The second-order valence-corrected chi connectivity index (χ2v) is 11.5. The molecule has 3 N–H and O–H groups in total. The molecule has 0 unspecified atom stereocenters. The quantitative estimate of drug-likeness (QED) is 0.329. The number of rotatable bonds is 7. The molecule has 226 valence electrons. The van der Waals surface area contributed by atoms with E-state index in [0.717, 1.165) is 17.5 Å². The van der Waals surface area contributed by atoms with Crippen LogP contribution in [0.5, 0.6) is 0 Å². The molecule has 0 bridgehead atoms. The first-order valence-corrected chi connectivity index (χ1v) is 14.2. The van der Waals surface area contributed by atoms with Crippen LogP contribution >= 0.6 is 0 Å². The zero-order valence-corrected chi connectivity index (χ0v) is 24.2. The minimum absolute atomic E-state index is 0.122. The number of benzene rings is 1. The van der Waals surface area contributed by atoms with Crippen molar-refractivity contribution in [3.8, 4) is 11.3 Å². The van der Waals surface area contributed by atoms with E-state index < -0.39 is 23.3 Å². The molecule has 0 spiro atoms. The summed E-state index contributed by atoms with van der Waals surface area (Å²) in [7, 11) is 2.83. The fourth-order valence-electron chi connectivity index (χ4n) is 6.40. The first kappa shape index (κ1) is 29.1. The van der Waals surface area contributed by atoms with Gasteiger partial charge in [-0.25, -0.2) is 23.1 Å². The van der Waals surface area contributed by atoms with Gasteiger partial charge in [0, 0.05) is 38.0 Å². The smallest absolute Gasteiger partial charge is 0.407 e. The van der Waals surface area contributed by atoms with Gasteiger partial charge in [-0.15, -0.1) is 0 Å². The molecular weight excluding hydrogens is 558 g/mol. The minimum Gasteiger partial charge on any atom is -0.453 e. The Balaban J connectivity index is 1.28. The molecule has 12 heteroatoms. The molecule has 10 nitrogen and oxygen atoms in total. The van der Waals surface area contributed by atoms with Crippen LogP contribution in [0, 0.1) is 17.6 Å². The van der Waals surface area contributed by atoms with Crippen LogP contribution in [-0.4, -0.2) is 65.2 Å². The molecule has 1 aromatic carbocycles. The molecule has 1 amide bonds. The number of ether oxygens (including phenoxy) is 3. The number of alkyl carbamates (subject to hydrolysis) is 1. The van der Waals surface area contributed by atoms with E-state index in [-0.39, 0.29) is 48.4 Å². The topological polar surface area (TPSA) is 126 Å². The van der Waals surface area contributed by atoms with Crippen molar-refractivity contribution in [1.82, 2.24) is 24.9 Å². The van der Waals surface area contributed by atoms with Crippen molar-refractivity contribution in [3.63, 3.8) is 0 Å². The third-order valence-corrected chi connectivity index (χ3v) is 8.83. The Morgan fingerprint density at radius 2 is 1.93 bits per heavy atom. The molecule has 43 heavy (non-hydrogen) atoms. The van der Waals surface area contributed by atoms with Crippen LogP contribution in [0.15, 0.2) is 48.9 Å². The molecule has 0 radical (unpaired) electrons. The van der Waals surface area contributed by atoms with Crippen molar-refractivity contribution in [1.29, 1.82) is 0 Å². The average Bonchev–Trinajstić information content (AvgIpc) is 3.36. The Morgan fingerprint density at radius 1 is 1.16 bits per heavy atom. The van der Waals surface area contributed by atoms with Crippen LogP contribution in [0.25, 0.3) is 16.8 Å². The van der Waals surface area contributed by atoms with Gasteiger partial charge in [-0.05, 0) is 71.7 Å². The normalized spacial score (nSPS) is 23.1. The molecule has 1 aliphatic heterocycles. The highest BCUT2D eigenvalue weighted by Crippen LogP contribution is 2.38. The lowest BCUT2D eigenvalue weighted by molar-refractivity contribution is -0.202. The van der Waals surface area contributed by atoms with Gasteiger partial charge in [-0.1, -0.05) is 6.92 Å². The summed E-state index contributed by atoms with van der Waals surface area (Å²) >= 11 is 0. The van der Waals surface area contributed by atoms with Crippen LogP contribution in [0.2, 0.25) is 0 Å². The summed E-state index contributed by atoms with van der Waals surface area (Å²) in [5.41, 5.74) is 8.73. The predicted octanol–water partition coefficient (Wildman–Crippen LogP) is 4.10. The molecule has 2 aliphatic rings. The van der Waals surface area contributed by atoms with Crippen LogP contribution < -0.4 is 11.1 Å². The molecule has 4 aromatic rings. The lowest BCUT2D eigenvalue weighted by Crippen LogP contribution is -2.54. The number of pyridine rings is 1. The van der Waals surface area contributed by atoms with E-state index in [4.69, 9.17) is 19.9 Å². The Hall–Kier alpha value is -4.00. The molecule has 1 saturated carbocycles. The number of carbonyl (C=O) groups excluding carboxylic acids is 1. The van der Waals surface area contributed by atoms with Crippen LogP contribution in [0.1, 0.15) is 48.2 Å².